The van der Waals surface area contributed by atoms with Crippen LogP contribution in [0, 0.1) is 5.41 Å². The second-order valence-corrected chi connectivity index (χ2v) is 4.61. The summed E-state index contributed by atoms with van der Waals surface area (Å²) in [6, 6.07) is 0.638. The number of hydrogen-bond donors (Lipinski definition) is 1. The quantitative estimate of drug-likeness (QED) is 0.663. The molecule has 2 atom stereocenters. The van der Waals surface area contributed by atoms with Crippen molar-refractivity contribution in [2.75, 3.05) is 13.7 Å². The maximum absolute atomic E-state index is 5.83. The van der Waals surface area contributed by atoms with Crippen molar-refractivity contribution in [3.05, 3.63) is 0 Å². The Hall–Kier alpha value is -0.0800. The maximum atomic E-state index is 5.83. The zero-order valence-corrected chi connectivity index (χ0v) is 9.39. The van der Waals surface area contributed by atoms with Crippen LogP contribution < -0.4 is 5.32 Å². The normalized spacial score (nSPS) is 31.4. The van der Waals surface area contributed by atoms with E-state index in [1.54, 1.807) is 0 Å². The summed E-state index contributed by atoms with van der Waals surface area (Å²) < 4.78 is 5.83. The van der Waals surface area contributed by atoms with E-state index in [1.165, 1.54) is 19.3 Å². The molecular weight excluding hydrogens is 162 g/mol. The standard InChI is InChI=1S/C11H23NO/c1-5-6-7-13-10-8-9(12-4)11(10,2)3/h9-10,12H,5-8H2,1-4H3/t9-,10-/m0/s1. The molecule has 0 aromatic rings. The summed E-state index contributed by atoms with van der Waals surface area (Å²) in [6.07, 6.45) is 4.06. The summed E-state index contributed by atoms with van der Waals surface area (Å²) in [7, 11) is 2.04. The van der Waals surface area contributed by atoms with Gasteiger partial charge in [0.2, 0.25) is 0 Å². The molecule has 1 saturated carbocycles. The van der Waals surface area contributed by atoms with Crippen molar-refractivity contribution in [1.29, 1.82) is 0 Å². The first-order chi connectivity index (χ1) is 6.12. The maximum Gasteiger partial charge on any atom is 0.0655 e. The lowest BCUT2D eigenvalue weighted by Gasteiger charge is -2.51. The fourth-order valence-corrected chi connectivity index (χ4v) is 2.03. The molecule has 0 bridgehead atoms. The fourth-order valence-electron chi connectivity index (χ4n) is 2.03. The molecular formula is C11H23NO. The molecule has 78 valence electrons. The van der Waals surface area contributed by atoms with Crippen LogP contribution in [0.2, 0.25) is 0 Å². The van der Waals surface area contributed by atoms with Crippen LogP contribution in [0.1, 0.15) is 40.0 Å². The highest BCUT2D eigenvalue weighted by Gasteiger charge is 2.47. The van der Waals surface area contributed by atoms with E-state index in [0.717, 1.165) is 6.61 Å². The van der Waals surface area contributed by atoms with Crippen molar-refractivity contribution in [3.8, 4) is 0 Å². The minimum Gasteiger partial charge on any atom is -0.378 e. The molecule has 1 aliphatic carbocycles. The van der Waals surface area contributed by atoms with Gasteiger partial charge in [0.05, 0.1) is 6.10 Å². The second-order valence-electron chi connectivity index (χ2n) is 4.61. The van der Waals surface area contributed by atoms with Crippen LogP contribution >= 0.6 is 0 Å². The van der Waals surface area contributed by atoms with E-state index >= 15 is 0 Å². The zero-order valence-electron chi connectivity index (χ0n) is 9.39. The molecule has 2 heteroatoms. The lowest BCUT2D eigenvalue weighted by atomic mass is 9.64. The first-order valence-corrected chi connectivity index (χ1v) is 5.41. The Morgan fingerprint density at radius 2 is 2.15 bits per heavy atom. The van der Waals surface area contributed by atoms with Crippen LogP contribution in [0.5, 0.6) is 0 Å². The van der Waals surface area contributed by atoms with Crippen molar-refractivity contribution in [1.82, 2.24) is 5.32 Å². The highest BCUT2D eigenvalue weighted by atomic mass is 16.5. The van der Waals surface area contributed by atoms with E-state index in [-0.39, 0.29) is 0 Å². The predicted molar refractivity (Wildman–Crippen MR) is 55.9 cm³/mol. The molecule has 0 aromatic heterocycles. The van der Waals surface area contributed by atoms with Gasteiger partial charge in [0.1, 0.15) is 0 Å². The SMILES string of the molecule is CCCCO[C@H]1C[C@H](NC)C1(C)C. The molecule has 0 saturated heterocycles. The molecule has 0 amide bonds. The Morgan fingerprint density at radius 1 is 1.46 bits per heavy atom. The third-order valence-electron chi connectivity index (χ3n) is 3.34. The van der Waals surface area contributed by atoms with Gasteiger partial charge in [-0.2, -0.15) is 0 Å². The largest absolute Gasteiger partial charge is 0.378 e. The zero-order chi connectivity index (χ0) is 9.90. The molecule has 1 rings (SSSR count). The van der Waals surface area contributed by atoms with Gasteiger partial charge in [-0.25, -0.2) is 0 Å². The van der Waals surface area contributed by atoms with Crippen molar-refractivity contribution in [2.45, 2.75) is 52.2 Å². The first kappa shape index (κ1) is 11.0. The minimum absolute atomic E-state index is 0.322. The number of nitrogens with one attached hydrogen (secondary N) is 1. The van der Waals surface area contributed by atoms with Crippen LogP contribution in [-0.4, -0.2) is 25.8 Å². The van der Waals surface area contributed by atoms with Crippen molar-refractivity contribution in [2.24, 2.45) is 5.41 Å². The molecule has 0 radical (unpaired) electrons. The number of rotatable bonds is 5. The van der Waals surface area contributed by atoms with Crippen molar-refractivity contribution in [3.63, 3.8) is 0 Å². The first-order valence-electron chi connectivity index (χ1n) is 5.41. The van der Waals surface area contributed by atoms with Gasteiger partial charge in [0.15, 0.2) is 0 Å². The molecule has 2 nitrogen and oxygen atoms in total. The van der Waals surface area contributed by atoms with Crippen molar-refractivity contribution < 1.29 is 4.74 Å². The number of hydrogen-bond acceptors (Lipinski definition) is 2. The molecule has 1 N–H and O–H groups in total. The Kier molecular flexibility index (Phi) is 3.74. The molecule has 0 aromatic carbocycles. The van der Waals surface area contributed by atoms with Crippen LogP contribution in [0.4, 0.5) is 0 Å². The van der Waals surface area contributed by atoms with Crippen LogP contribution in [0.3, 0.4) is 0 Å². The Labute approximate surface area is 82.0 Å². The molecule has 0 spiro atoms. The van der Waals surface area contributed by atoms with Crippen LogP contribution in [0.15, 0.2) is 0 Å². The summed E-state index contributed by atoms with van der Waals surface area (Å²) in [6.45, 7) is 7.70. The Balaban J connectivity index is 2.23. The van der Waals surface area contributed by atoms with Gasteiger partial charge in [0, 0.05) is 18.1 Å². The van der Waals surface area contributed by atoms with Gasteiger partial charge in [-0.15, -0.1) is 0 Å². The molecule has 0 heterocycles. The van der Waals surface area contributed by atoms with E-state index in [4.69, 9.17) is 4.74 Å². The molecule has 0 aliphatic heterocycles. The monoisotopic (exact) mass is 185 g/mol. The third kappa shape index (κ3) is 2.23. The van der Waals surface area contributed by atoms with Gasteiger partial charge in [-0.3, -0.25) is 0 Å². The van der Waals surface area contributed by atoms with E-state index in [0.29, 0.717) is 17.6 Å². The second kappa shape index (κ2) is 4.43. The summed E-state index contributed by atoms with van der Waals surface area (Å²) >= 11 is 0. The summed E-state index contributed by atoms with van der Waals surface area (Å²) in [5, 5.41) is 3.33. The lowest BCUT2D eigenvalue weighted by Crippen LogP contribution is -2.60. The average Bonchev–Trinajstić information content (AvgIpc) is 2.10. The van der Waals surface area contributed by atoms with E-state index < -0.39 is 0 Å². The van der Waals surface area contributed by atoms with E-state index in [2.05, 4.69) is 26.1 Å². The summed E-state index contributed by atoms with van der Waals surface area (Å²) in [5.74, 6) is 0. The minimum atomic E-state index is 0.322. The van der Waals surface area contributed by atoms with Crippen molar-refractivity contribution >= 4 is 0 Å². The van der Waals surface area contributed by atoms with E-state index in [9.17, 15) is 0 Å². The highest BCUT2D eigenvalue weighted by Crippen LogP contribution is 2.42. The van der Waals surface area contributed by atoms with Gasteiger partial charge < -0.3 is 10.1 Å². The summed E-state index contributed by atoms with van der Waals surface area (Å²) in [5.41, 5.74) is 0.322. The van der Waals surface area contributed by atoms with Gasteiger partial charge in [-0.05, 0) is 19.9 Å². The average molecular weight is 185 g/mol. The van der Waals surface area contributed by atoms with Crippen LogP contribution in [-0.2, 0) is 4.74 Å². The molecule has 1 fully saturated rings. The van der Waals surface area contributed by atoms with Gasteiger partial charge in [0.25, 0.3) is 0 Å². The molecule has 0 unspecified atom stereocenters. The number of unbranched alkanes of at least 4 members (excludes halogenated alkanes) is 1. The van der Waals surface area contributed by atoms with Gasteiger partial charge >= 0.3 is 0 Å². The highest BCUT2D eigenvalue weighted by molar-refractivity contribution is 5.02. The summed E-state index contributed by atoms with van der Waals surface area (Å²) in [4.78, 5) is 0. The Bertz CT molecular complexity index is 156. The smallest absolute Gasteiger partial charge is 0.0655 e. The predicted octanol–water partition coefficient (Wildman–Crippen LogP) is 2.19. The van der Waals surface area contributed by atoms with Crippen LogP contribution in [0.25, 0.3) is 0 Å². The van der Waals surface area contributed by atoms with Gasteiger partial charge in [-0.1, -0.05) is 27.2 Å². The topological polar surface area (TPSA) is 21.3 Å². The fraction of sp³-hybridized carbons (Fsp3) is 1.00. The third-order valence-corrected chi connectivity index (χ3v) is 3.34. The number of ether oxygens (including phenoxy) is 1. The molecule has 1 aliphatic rings. The lowest BCUT2D eigenvalue weighted by molar-refractivity contribution is -0.116. The Morgan fingerprint density at radius 3 is 2.62 bits per heavy atom. The van der Waals surface area contributed by atoms with E-state index in [1.807, 2.05) is 7.05 Å². The molecule has 13 heavy (non-hydrogen) atoms.